The second-order valence-electron chi connectivity index (χ2n) is 5.03. The molecule has 5 nitrogen and oxygen atoms in total. The first-order chi connectivity index (χ1) is 8.67. The summed E-state index contributed by atoms with van der Waals surface area (Å²) in [4.78, 5) is 14.4. The Morgan fingerprint density at radius 1 is 1.61 bits per heavy atom. The molecule has 2 atom stereocenters. The number of likely N-dealkylation sites (tertiary alicyclic amines) is 1. The van der Waals surface area contributed by atoms with Gasteiger partial charge in [0.05, 0.1) is 0 Å². The highest BCUT2D eigenvalue weighted by Crippen LogP contribution is 2.26. The Morgan fingerprint density at radius 3 is 2.94 bits per heavy atom. The molecule has 1 saturated heterocycles. The summed E-state index contributed by atoms with van der Waals surface area (Å²) < 4.78 is 1.63. The van der Waals surface area contributed by atoms with Crippen molar-refractivity contribution in [2.75, 3.05) is 13.1 Å². The van der Waals surface area contributed by atoms with Crippen molar-refractivity contribution in [3.63, 3.8) is 0 Å². The minimum absolute atomic E-state index is 0.0556. The average Bonchev–Trinajstić information content (AvgIpc) is 2.83. The zero-order valence-corrected chi connectivity index (χ0v) is 11.2. The lowest BCUT2D eigenvalue weighted by atomic mass is 9.88. The fourth-order valence-corrected chi connectivity index (χ4v) is 2.73. The molecule has 5 heteroatoms. The predicted molar refractivity (Wildman–Crippen MR) is 70.1 cm³/mol. The maximum atomic E-state index is 12.5. The smallest absolute Gasteiger partial charge is 0.272 e. The number of hydrogen-bond donors (Lipinski definition) is 1. The molecule has 1 fully saturated rings. The van der Waals surface area contributed by atoms with Gasteiger partial charge >= 0.3 is 0 Å². The van der Waals surface area contributed by atoms with Crippen LogP contribution in [-0.2, 0) is 7.05 Å². The summed E-state index contributed by atoms with van der Waals surface area (Å²) in [6.07, 6.45) is 4.93. The van der Waals surface area contributed by atoms with Crippen molar-refractivity contribution in [1.29, 1.82) is 0 Å². The molecule has 1 aromatic rings. The van der Waals surface area contributed by atoms with Crippen molar-refractivity contribution >= 4 is 5.91 Å². The van der Waals surface area contributed by atoms with E-state index in [2.05, 4.69) is 12.0 Å². The van der Waals surface area contributed by atoms with E-state index in [1.165, 1.54) is 6.42 Å². The molecule has 0 aliphatic carbocycles. The largest absolute Gasteiger partial charge is 0.333 e. The topological polar surface area (TPSA) is 64.2 Å². The number of piperidine rings is 1. The van der Waals surface area contributed by atoms with Crippen molar-refractivity contribution in [1.82, 2.24) is 14.7 Å². The summed E-state index contributed by atoms with van der Waals surface area (Å²) in [7, 11) is 1.80. The van der Waals surface area contributed by atoms with Crippen LogP contribution in [0.4, 0.5) is 0 Å². The molecule has 2 heterocycles. The van der Waals surface area contributed by atoms with Gasteiger partial charge in [0.2, 0.25) is 0 Å². The van der Waals surface area contributed by atoms with Crippen LogP contribution in [0.1, 0.15) is 36.7 Å². The normalized spacial score (nSPS) is 24.3. The molecule has 0 saturated carbocycles. The molecule has 0 aromatic carbocycles. The zero-order chi connectivity index (χ0) is 13.1. The van der Waals surface area contributed by atoms with Gasteiger partial charge in [-0.15, -0.1) is 0 Å². The lowest BCUT2D eigenvalue weighted by molar-refractivity contribution is 0.0547. The van der Waals surface area contributed by atoms with Crippen LogP contribution >= 0.6 is 0 Å². The van der Waals surface area contributed by atoms with Crippen LogP contribution in [0.25, 0.3) is 0 Å². The maximum Gasteiger partial charge on any atom is 0.272 e. The fourth-order valence-electron chi connectivity index (χ4n) is 2.73. The molecule has 18 heavy (non-hydrogen) atoms. The van der Waals surface area contributed by atoms with Crippen LogP contribution in [0.3, 0.4) is 0 Å². The Morgan fingerprint density at radius 2 is 2.39 bits per heavy atom. The molecule has 0 radical (unpaired) electrons. The number of hydrogen-bond acceptors (Lipinski definition) is 3. The Labute approximate surface area is 108 Å². The van der Waals surface area contributed by atoms with Gasteiger partial charge in [0.1, 0.15) is 5.69 Å². The number of nitrogens with zero attached hydrogens (tertiary/aromatic N) is 3. The van der Waals surface area contributed by atoms with Crippen LogP contribution in [0, 0.1) is 5.92 Å². The molecule has 1 aliphatic heterocycles. The van der Waals surface area contributed by atoms with E-state index in [0.29, 0.717) is 18.2 Å². The monoisotopic (exact) mass is 250 g/mol. The van der Waals surface area contributed by atoms with E-state index in [1.54, 1.807) is 24.0 Å². The highest BCUT2D eigenvalue weighted by molar-refractivity contribution is 5.92. The summed E-state index contributed by atoms with van der Waals surface area (Å²) in [5.74, 6) is 0.758. The number of amides is 1. The van der Waals surface area contributed by atoms with E-state index < -0.39 is 0 Å². The zero-order valence-electron chi connectivity index (χ0n) is 11.2. The third-order valence-corrected chi connectivity index (χ3v) is 3.97. The molecule has 0 bridgehead atoms. The van der Waals surface area contributed by atoms with Crippen LogP contribution in [-0.4, -0.2) is 39.7 Å². The molecular weight excluding hydrogens is 228 g/mol. The summed E-state index contributed by atoms with van der Waals surface area (Å²) in [6, 6.07) is 1.94. The molecule has 0 spiro atoms. The first kappa shape index (κ1) is 13.1. The molecular formula is C13H22N4O. The number of nitrogens with two attached hydrogens (primary N) is 1. The van der Waals surface area contributed by atoms with Crippen LogP contribution in [0.5, 0.6) is 0 Å². The first-order valence-corrected chi connectivity index (χ1v) is 6.66. The van der Waals surface area contributed by atoms with Gasteiger partial charge in [0, 0.05) is 32.4 Å². The lowest BCUT2D eigenvalue weighted by Crippen LogP contribution is -2.49. The van der Waals surface area contributed by atoms with Gasteiger partial charge in [-0.05, 0) is 24.8 Å². The second kappa shape index (κ2) is 5.52. The van der Waals surface area contributed by atoms with Crippen molar-refractivity contribution in [3.8, 4) is 0 Å². The van der Waals surface area contributed by atoms with Crippen molar-refractivity contribution in [3.05, 3.63) is 18.0 Å². The first-order valence-electron chi connectivity index (χ1n) is 6.66. The number of carbonyl (C=O) groups excluding carboxylic acids is 1. The maximum absolute atomic E-state index is 12.5. The Hall–Kier alpha value is -1.36. The Balaban J connectivity index is 2.13. The summed E-state index contributed by atoms with van der Waals surface area (Å²) in [6.45, 7) is 3.56. The molecule has 2 rings (SSSR count). The van der Waals surface area contributed by atoms with Gasteiger partial charge in [0.15, 0.2) is 0 Å². The quantitative estimate of drug-likeness (QED) is 0.870. The van der Waals surface area contributed by atoms with Gasteiger partial charge in [-0.3, -0.25) is 9.48 Å². The summed E-state index contributed by atoms with van der Waals surface area (Å²) >= 11 is 0. The molecule has 1 aliphatic rings. The van der Waals surface area contributed by atoms with Crippen LogP contribution in [0.2, 0.25) is 0 Å². The Kier molecular flexibility index (Phi) is 4.01. The minimum atomic E-state index is 0.0556. The fraction of sp³-hybridized carbons (Fsp3) is 0.692. The highest BCUT2D eigenvalue weighted by atomic mass is 16.2. The second-order valence-corrected chi connectivity index (χ2v) is 5.03. The number of aromatic nitrogens is 2. The highest BCUT2D eigenvalue weighted by Gasteiger charge is 2.31. The number of carbonyl (C=O) groups is 1. The van der Waals surface area contributed by atoms with E-state index in [9.17, 15) is 4.79 Å². The molecule has 1 amide bonds. The predicted octanol–water partition coefficient (Wildman–Crippen LogP) is 1.01. The molecule has 2 N–H and O–H groups in total. The lowest BCUT2D eigenvalue weighted by Gasteiger charge is -2.38. The van der Waals surface area contributed by atoms with Gasteiger partial charge in [-0.25, -0.2) is 0 Å². The molecule has 100 valence electrons. The molecule has 1 aromatic heterocycles. The standard InChI is InChI=1S/C13H22N4O/c1-3-10-5-7-17(11(8-10)9-14)13(18)12-4-6-15-16(12)2/h4,6,10-11H,3,5,7-9,14H2,1-2H3. The Bertz CT molecular complexity index is 415. The van der Waals surface area contributed by atoms with Gasteiger partial charge in [0.25, 0.3) is 5.91 Å². The van der Waals surface area contributed by atoms with Crippen molar-refractivity contribution in [2.45, 2.75) is 32.2 Å². The summed E-state index contributed by atoms with van der Waals surface area (Å²) in [5, 5.41) is 4.05. The van der Waals surface area contributed by atoms with E-state index in [1.807, 2.05) is 4.90 Å². The SMILES string of the molecule is CCC1CCN(C(=O)c2ccnn2C)C(CN)C1. The van der Waals surface area contributed by atoms with Crippen LogP contribution < -0.4 is 5.73 Å². The van der Waals surface area contributed by atoms with E-state index in [0.717, 1.165) is 19.4 Å². The van der Waals surface area contributed by atoms with Gasteiger partial charge in [-0.2, -0.15) is 5.10 Å². The minimum Gasteiger partial charge on any atom is -0.333 e. The summed E-state index contributed by atoms with van der Waals surface area (Å²) in [5.41, 5.74) is 6.47. The van der Waals surface area contributed by atoms with Gasteiger partial charge < -0.3 is 10.6 Å². The van der Waals surface area contributed by atoms with Crippen molar-refractivity contribution in [2.24, 2.45) is 18.7 Å². The number of rotatable bonds is 3. The third kappa shape index (κ3) is 2.41. The molecule has 2 unspecified atom stereocenters. The number of aryl methyl sites for hydroxylation is 1. The van der Waals surface area contributed by atoms with E-state index >= 15 is 0 Å². The van der Waals surface area contributed by atoms with E-state index in [4.69, 9.17) is 5.73 Å². The van der Waals surface area contributed by atoms with Gasteiger partial charge in [-0.1, -0.05) is 13.3 Å². The average molecular weight is 250 g/mol. The van der Waals surface area contributed by atoms with E-state index in [-0.39, 0.29) is 11.9 Å². The van der Waals surface area contributed by atoms with Crippen molar-refractivity contribution < 1.29 is 4.79 Å². The van der Waals surface area contributed by atoms with Crippen LogP contribution in [0.15, 0.2) is 12.3 Å². The third-order valence-electron chi connectivity index (χ3n) is 3.97.